The molecule has 1 amide bonds. The van der Waals surface area contributed by atoms with E-state index in [9.17, 15) is 4.79 Å². The van der Waals surface area contributed by atoms with Gasteiger partial charge in [-0.1, -0.05) is 46.6 Å². The molecule has 0 saturated heterocycles. The zero-order chi connectivity index (χ0) is 27.9. The quantitative estimate of drug-likeness (QED) is 0.194. The second kappa shape index (κ2) is 13.2. The number of ether oxygens (including phenoxy) is 3. The number of methoxy groups -OCH3 is 3. The number of nitrogens with one attached hydrogen (secondary N) is 1. The first-order valence-electron chi connectivity index (χ1n) is 12.8. The van der Waals surface area contributed by atoms with E-state index >= 15 is 0 Å². The van der Waals surface area contributed by atoms with Gasteiger partial charge in [-0.2, -0.15) is 0 Å². The third-order valence-electron chi connectivity index (χ3n) is 6.76. The van der Waals surface area contributed by atoms with Crippen LogP contribution in [0.5, 0.6) is 17.2 Å². The Labute approximate surface area is 242 Å². The molecule has 0 aliphatic heterocycles. The summed E-state index contributed by atoms with van der Waals surface area (Å²) in [6, 6.07) is 15.7. The Balaban J connectivity index is 1.40. The van der Waals surface area contributed by atoms with Crippen molar-refractivity contribution in [3.63, 3.8) is 0 Å². The van der Waals surface area contributed by atoms with Gasteiger partial charge in [0.2, 0.25) is 5.91 Å². The number of hydrogen-bond donors (Lipinski definition) is 1. The van der Waals surface area contributed by atoms with Gasteiger partial charge in [0.15, 0.2) is 11.5 Å². The summed E-state index contributed by atoms with van der Waals surface area (Å²) in [4.78, 5) is 17.6. The fraction of sp³-hybridized carbons (Fsp3) is 0.333. The molecule has 7 nitrogen and oxygen atoms in total. The molecule has 0 aliphatic carbocycles. The zero-order valence-electron chi connectivity index (χ0n) is 22.6. The van der Waals surface area contributed by atoms with Gasteiger partial charge in [-0.15, -0.1) is 0 Å². The molecule has 206 valence electrons. The van der Waals surface area contributed by atoms with Gasteiger partial charge in [0.05, 0.1) is 44.3 Å². The maximum Gasteiger partial charge on any atom is 0.220 e. The summed E-state index contributed by atoms with van der Waals surface area (Å²) in [6.45, 7) is 2.47. The van der Waals surface area contributed by atoms with E-state index in [1.807, 2.05) is 48.7 Å². The molecular formula is C30H33BrClN3O4. The van der Waals surface area contributed by atoms with Crippen molar-refractivity contribution >= 4 is 39.1 Å². The van der Waals surface area contributed by atoms with E-state index in [-0.39, 0.29) is 11.8 Å². The second-order valence-electron chi connectivity index (χ2n) is 9.47. The molecule has 1 unspecified atom stereocenters. The lowest BCUT2D eigenvalue weighted by atomic mass is 9.96. The van der Waals surface area contributed by atoms with Crippen LogP contribution in [-0.4, -0.2) is 36.6 Å². The van der Waals surface area contributed by atoms with Gasteiger partial charge in [0, 0.05) is 29.1 Å². The number of aromatic nitrogens is 2. The average molecular weight is 615 g/mol. The summed E-state index contributed by atoms with van der Waals surface area (Å²) in [7, 11) is 4.83. The van der Waals surface area contributed by atoms with E-state index in [0.717, 1.165) is 51.2 Å². The molecule has 2 heterocycles. The highest BCUT2D eigenvalue weighted by molar-refractivity contribution is 9.10. The number of benzene rings is 2. The molecule has 2 aromatic carbocycles. The fourth-order valence-electron chi connectivity index (χ4n) is 4.70. The number of halogens is 2. The van der Waals surface area contributed by atoms with E-state index < -0.39 is 0 Å². The van der Waals surface area contributed by atoms with Gasteiger partial charge < -0.3 is 23.9 Å². The third-order valence-corrected chi connectivity index (χ3v) is 7.67. The molecular weight excluding hydrogens is 582 g/mol. The van der Waals surface area contributed by atoms with Crippen molar-refractivity contribution in [1.82, 2.24) is 14.7 Å². The normalized spacial score (nSPS) is 11.8. The molecule has 0 fully saturated rings. The predicted octanol–water partition coefficient (Wildman–Crippen LogP) is 6.64. The van der Waals surface area contributed by atoms with Crippen molar-refractivity contribution in [2.45, 2.75) is 39.2 Å². The number of amides is 1. The number of pyridine rings is 1. The summed E-state index contributed by atoms with van der Waals surface area (Å²) in [5.41, 5.74) is 4.69. The summed E-state index contributed by atoms with van der Waals surface area (Å²) < 4.78 is 19.4. The first-order chi connectivity index (χ1) is 18.8. The summed E-state index contributed by atoms with van der Waals surface area (Å²) >= 11 is 10.1. The Morgan fingerprint density at radius 1 is 1.05 bits per heavy atom. The van der Waals surface area contributed by atoms with E-state index in [1.54, 1.807) is 21.3 Å². The van der Waals surface area contributed by atoms with Gasteiger partial charge in [0.1, 0.15) is 11.4 Å². The van der Waals surface area contributed by atoms with Crippen LogP contribution < -0.4 is 19.5 Å². The predicted molar refractivity (Wildman–Crippen MR) is 157 cm³/mol. The molecule has 1 atom stereocenters. The highest BCUT2D eigenvalue weighted by Crippen LogP contribution is 2.38. The summed E-state index contributed by atoms with van der Waals surface area (Å²) in [6.07, 6.45) is 4.48. The SMILES string of the molecule is COc1ccc(Br)cc1Cc1c(CNC(=O)CCC(C)Cc2ccc(OC)c(OC)c2Cl)nc2ccccn12. The van der Waals surface area contributed by atoms with Crippen LogP contribution in [0.3, 0.4) is 0 Å². The molecule has 39 heavy (non-hydrogen) atoms. The van der Waals surface area contributed by atoms with Crippen LogP contribution >= 0.6 is 27.5 Å². The van der Waals surface area contributed by atoms with Crippen molar-refractivity contribution in [2.75, 3.05) is 21.3 Å². The molecule has 9 heteroatoms. The minimum atomic E-state index is -0.0108. The molecule has 4 rings (SSSR count). The Bertz CT molecular complexity index is 1460. The van der Waals surface area contributed by atoms with Crippen LogP contribution in [0.1, 0.15) is 42.3 Å². The maximum atomic E-state index is 12.8. The Kier molecular flexibility index (Phi) is 9.75. The van der Waals surface area contributed by atoms with E-state index in [4.69, 9.17) is 30.8 Å². The molecule has 2 aromatic heterocycles. The molecule has 4 aromatic rings. The van der Waals surface area contributed by atoms with E-state index in [1.165, 1.54) is 0 Å². The van der Waals surface area contributed by atoms with Gasteiger partial charge >= 0.3 is 0 Å². The van der Waals surface area contributed by atoms with Gasteiger partial charge in [-0.05, 0) is 60.7 Å². The van der Waals surface area contributed by atoms with Crippen molar-refractivity contribution in [3.05, 3.63) is 86.7 Å². The molecule has 0 aliphatic rings. The lowest BCUT2D eigenvalue weighted by Crippen LogP contribution is -2.24. The van der Waals surface area contributed by atoms with Gasteiger partial charge in [-0.25, -0.2) is 4.98 Å². The number of hydrogen-bond acceptors (Lipinski definition) is 5. The lowest BCUT2D eigenvalue weighted by molar-refractivity contribution is -0.121. The largest absolute Gasteiger partial charge is 0.496 e. The first-order valence-corrected chi connectivity index (χ1v) is 13.9. The zero-order valence-corrected chi connectivity index (χ0v) is 24.9. The summed E-state index contributed by atoms with van der Waals surface area (Å²) in [5.74, 6) is 2.18. The van der Waals surface area contributed by atoms with Crippen molar-refractivity contribution < 1.29 is 19.0 Å². The van der Waals surface area contributed by atoms with Crippen LogP contribution in [0, 0.1) is 5.92 Å². The number of imidazole rings is 1. The third kappa shape index (κ3) is 6.86. The molecule has 0 radical (unpaired) electrons. The van der Waals surface area contributed by atoms with Crippen LogP contribution in [0.25, 0.3) is 5.65 Å². The van der Waals surface area contributed by atoms with Gasteiger partial charge in [0.25, 0.3) is 0 Å². The molecule has 0 saturated carbocycles. The minimum absolute atomic E-state index is 0.0108. The average Bonchev–Trinajstić information content (AvgIpc) is 3.29. The van der Waals surface area contributed by atoms with Crippen LogP contribution in [0.15, 0.2) is 59.2 Å². The summed E-state index contributed by atoms with van der Waals surface area (Å²) in [5, 5.41) is 3.62. The number of nitrogens with zero attached hydrogens (tertiary/aromatic N) is 2. The van der Waals surface area contributed by atoms with Crippen LogP contribution in [-0.2, 0) is 24.2 Å². The monoisotopic (exact) mass is 613 g/mol. The molecule has 0 bridgehead atoms. The minimum Gasteiger partial charge on any atom is -0.496 e. The van der Waals surface area contributed by atoms with Crippen molar-refractivity contribution in [2.24, 2.45) is 5.92 Å². The molecule has 1 N–H and O–H groups in total. The second-order valence-corrected chi connectivity index (χ2v) is 10.8. The number of carbonyl (C=O) groups excluding carboxylic acids is 1. The van der Waals surface area contributed by atoms with Crippen LogP contribution in [0.4, 0.5) is 0 Å². The fourth-order valence-corrected chi connectivity index (χ4v) is 5.42. The lowest BCUT2D eigenvalue weighted by Gasteiger charge is -2.16. The maximum absolute atomic E-state index is 12.8. The van der Waals surface area contributed by atoms with E-state index in [2.05, 4.69) is 38.6 Å². The van der Waals surface area contributed by atoms with Crippen LogP contribution in [0.2, 0.25) is 5.02 Å². The highest BCUT2D eigenvalue weighted by atomic mass is 79.9. The standard InChI is InChI=1S/C30H33BrClN3O4/c1-19(15-20-9-11-26(38-3)30(39-4)29(20)32)8-13-28(36)33-18-23-24(35-14-6-5-7-27(35)34-23)17-21-16-22(31)10-12-25(21)37-2/h5-7,9-12,14,16,19H,8,13,15,17-18H2,1-4H3,(H,33,36). The molecule has 0 spiro atoms. The Morgan fingerprint density at radius 3 is 2.56 bits per heavy atom. The Morgan fingerprint density at radius 2 is 1.82 bits per heavy atom. The topological polar surface area (TPSA) is 74.1 Å². The Hall–Kier alpha value is -3.23. The van der Waals surface area contributed by atoms with Gasteiger partial charge in [-0.3, -0.25) is 4.79 Å². The van der Waals surface area contributed by atoms with Crippen molar-refractivity contribution in [1.29, 1.82) is 0 Å². The van der Waals surface area contributed by atoms with Crippen molar-refractivity contribution in [3.8, 4) is 17.2 Å². The van der Waals surface area contributed by atoms with E-state index in [0.29, 0.717) is 35.9 Å². The highest BCUT2D eigenvalue weighted by Gasteiger charge is 2.18. The number of fused-ring (bicyclic) bond motifs is 1. The first kappa shape index (κ1) is 28.8. The number of carbonyl (C=O) groups is 1. The smallest absolute Gasteiger partial charge is 0.220 e. The number of rotatable bonds is 12.